The molecule has 3 aliphatic heterocycles. The lowest BCUT2D eigenvalue weighted by atomic mass is 10.1. The van der Waals surface area contributed by atoms with Crippen LogP contribution in [0, 0.1) is 6.92 Å². The van der Waals surface area contributed by atoms with Crippen LogP contribution in [0.5, 0.6) is 0 Å². The summed E-state index contributed by atoms with van der Waals surface area (Å²) < 4.78 is 23.4. The van der Waals surface area contributed by atoms with E-state index in [1.807, 2.05) is 13.0 Å². The molecule has 0 amide bonds. The quantitative estimate of drug-likeness (QED) is 0.740. The lowest BCUT2D eigenvalue weighted by molar-refractivity contribution is 0.598. The Labute approximate surface area is 139 Å². The first-order valence-electron chi connectivity index (χ1n) is 7.60. The number of nitrogens with two attached hydrogens (primary N) is 1. The molecule has 0 saturated heterocycles. The van der Waals surface area contributed by atoms with E-state index < -0.39 is 10.0 Å². The summed E-state index contributed by atoms with van der Waals surface area (Å²) in [6.07, 6.45) is 4.22. The van der Waals surface area contributed by atoms with Crippen LogP contribution in [0.2, 0.25) is 0 Å². The maximum atomic E-state index is 11.7. The molecule has 3 N–H and O–H groups in total. The number of aromatic nitrogens is 3. The summed E-state index contributed by atoms with van der Waals surface area (Å²) in [5, 5.41) is 5.29. The Balaban J connectivity index is 1.93. The van der Waals surface area contributed by atoms with Crippen LogP contribution in [0.3, 0.4) is 0 Å². The highest BCUT2D eigenvalue weighted by atomic mass is 32.2. The average Bonchev–Trinajstić information content (AvgIpc) is 3.05. The normalized spacial score (nSPS) is 17.5. The fourth-order valence-corrected chi connectivity index (χ4v) is 3.89. The van der Waals surface area contributed by atoms with Gasteiger partial charge in [-0.05, 0) is 43.5 Å². The number of sulfonamides is 1. The smallest absolute Gasteiger partial charge is 0.238 e. The van der Waals surface area contributed by atoms with Gasteiger partial charge in [0.15, 0.2) is 0 Å². The van der Waals surface area contributed by atoms with Crippen LogP contribution in [-0.4, -0.2) is 29.4 Å². The number of nitrogens with one attached hydrogen (secondary N) is 1. The topological polar surface area (TPSA) is 105 Å². The lowest BCUT2D eigenvalue weighted by Crippen LogP contribution is -2.26. The molecular weight excluding hydrogens is 326 g/mol. The predicted molar refractivity (Wildman–Crippen MR) is 90.9 cm³/mol. The maximum absolute atomic E-state index is 11.7. The minimum absolute atomic E-state index is 0.108. The Hall–Kier alpha value is -2.45. The van der Waals surface area contributed by atoms with Crippen LogP contribution < -0.4 is 10.0 Å². The molecule has 1 aromatic rings. The van der Waals surface area contributed by atoms with E-state index in [0.29, 0.717) is 0 Å². The van der Waals surface area contributed by atoms with Gasteiger partial charge in [0.1, 0.15) is 11.6 Å². The summed E-state index contributed by atoms with van der Waals surface area (Å²) in [5.74, 6) is 1.54. The number of H-pyrrole nitrogens is 1. The van der Waals surface area contributed by atoms with Crippen LogP contribution in [0.25, 0.3) is 11.4 Å². The molecule has 1 unspecified atom stereocenters. The van der Waals surface area contributed by atoms with E-state index in [-0.39, 0.29) is 10.9 Å². The van der Waals surface area contributed by atoms with E-state index in [9.17, 15) is 8.42 Å². The number of aryl methyl sites for hydroxylation is 1. The molecule has 3 heterocycles. The largest absolute Gasteiger partial charge is 0.330 e. The summed E-state index contributed by atoms with van der Waals surface area (Å²) >= 11 is 0. The number of hydrogen-bond donors (Lipinski definition) is 2. The molecule has 0 aromatic heterocycles. The summed E-state index contributed by atoms with van der Waals surface area (Å²) in [6.45, 7) is 4.07. The van der Waals surface area contributed by atoms with Crippen molar-refractivity contribution in [1.29, 1.82) is 0 Å². The third-order valence-electron chi connectivity index (χ3n) is 4.46. The van der Waals surface area contributed by atoms with E-state index in [2.05, 4.69) is 26.8 Å². The van der Waals surface area contributed by atoms with Gasteiger partial charge >= 0.3 is 0 Å². The number of primary sulfonamides is 1. The number of benzene rings is 1. The molecule has 0 radical (unpaired) electrons. The molecule has 0 fully saturated rings. The zero-order chi connectivity index (χ0) is 17.1. The van der Waals surface area contributed by atoms with Gasteiger partial charge in [0.25, 0.3) is 0 Å². The number of rotatable bonds is 2. The second kappa shape index (κ2) is 5.02. The zero-order valence-corrected chi connectivity index (χ0v) is 14.1. The third-order valence-corrected chi connectivity index (χ3v) is 5.37. The third kappa shape index (κ3) is 2.18. The molecular formula is C16H17N5O2S. The van der Waals surface area contributed by atoms with Crippen molar-refractivity contribution in [2.45, 2.75) is 31.2 Å². The van der Waals surface area contributed by atoms with Gasteiger partial charge in [-0.15, -0.1) is 0 Å². The van der Waals surface area contributed by atoms with Gasteiger partial charge < -0.3 is 9.88 Å². The molecule has 1 atom stereocenters. The number of fused-ring (bicyclic) bond motifs is 2. The monoisotopic (exact) mass is 343 g/mol. The first kappa shape index (κ1) is 15.1. The van der Waals surface area contributed by atoms with Crippen molar-refractivity contribution in [3.8, 4) is 11.4 Å². The van der Waals surface area contributed by atoms with E-state index >= 15 is 0 Å². The Morgan fingerprint density at radius 1 is 1.33 bits per heavy atom. The minimum Gasteiger partial charge on any atom is -0.330 e. The predicted octanol–water partition coefficient (Wildman–Crippen LogP) is 1.95. The van der Waals surface area contributed by atoms with Gasteiger partial charge in [-0.2, -0.15) is 0 Å². The molecule has 3 aliphatic rings. The van der Waals surface area contributed by atoms with Crippen molar-refractivity contribution in [2.24, 2.45) is 5.14 Å². The molecule has 4 rings (SSSR count). The van der Waals surface area contributed by atoms with Gasteiger partial charge in [-0.3, -0.25) is 0 Å². The first-order chi connectivity index (χ1) is 11.4. The van der Waals surface area contributed by atoms with Crippen molar-refractivity contribution < 1.29 is 8.42 Å². The van der Waals surface area contributed by atoms with E-state index in [4.69, 9.17) is 5.14 Å². The molecule has 124 valence electrons. The number of hydrogen-bond acceptors (Lipinski definition) is 5. The molecule has 0 saturated carbocycles. The molecule has 1 aromatic carbocycles. The molecule has 0 aliphatic carbocycles. The maximum Gasteiger partial charge on any atom is 0.238 e. The highest BCUT2D eigenvalue weighted by Gasteiger charge is 2.32. The van der Waals surface area contributed by atoms with Crippen LogP contribution in [0.1, 0.15) is 18.1 Å². The summed E-state index contributed by atoms with van der Waals surface area (Å²) in [5.41, 5.74) is 3.87. The van der Waals surface area contributed by atoms with Crippen molar-refractivity contribution in [2.75, 3.05) is 4.90 Å². The standard InChI is InChI=1S/C16H17N5O2S/c1-9-7-18-15-14(9)16(20-8-19-15)21-10(2)5-11-3-4-12(6-13(11)21)24(17,22)23/h3-4,6-8,10H,5H2,1-2H3,(H2,17,22,23)(H,18,19,20). The Kier molecular flexibility index (Phi) is 3.16. The van der Waals surface area contributed by atoms with Crippen LogP contribution in [0.4, 0.5) is 11.5 Å². The van der Waals surface area contributed by atoms with E-state index in [1.54, 1.807) is 24.7 Å². The molecule has 7 nitrogen and oxygen atoms in total. The van der Waals surface area contributed by atoms with Crippen LogP contribution in [-0.2, 0) is 16.4 Å². The molecule has 0 spiro atoms. The van der Waals surface area contributed by atoms with Gasteiger partial charge in [0.2, 0.25) is 10.0 Å². The molecule has 0 bridgehead atoms. The second-order valence-corrected chi connectivity index (χ2v) is 7.71. The Morgan fingerprint density at radius 2 is 2.12 bits per heavy atom. The second-order valence-electron chi connectivity index (χ2n) is 6.15. The lowest BCUT2D eigenvalue weighted by Gasteiger charge is -2.26. The molecule has 24 heavy (non-hydrogen) atoms. The van der Waals surface area contributed by atoms with Crippen molar-refractivity contribution >= 4 is 21.5 Å². The Bertz CT molecular complexity index is 1010. The summed E-state index contributed by atoms with van der Waals surface area (Å²) in [7, 11) is -3.75. The average molecular weight is 343 g/mol. The summed E-state index contributed by atoms with van der Waals surface area (Å²) in [4.78, 5) is 14.1. The Morgan fingerprint density at radius 3 is 2.88 bits per heavy atom. The van der Waals surface area contributed by atoms with E-state index in [0.717, 1.165) is 40.4 Å². The van der Waals surface area contributed by atoms with Gasteiger partial charge in [0, 0.05) is 17.9 Å². The first-order valence-corrected chi connectivity index (χ1v) is 9.14. The zero-order valence-electron chi connectivity index (χ0n) is 13.3. The highest BCUT2D eigenvalue weighted by molar-refractivity contribution is 7.89. The van der Waals surface area contributed by atoms with Crippen LogP contribution in [0.15, 0.2) is 35.6 Å². The van der Waals surface area contributed by atoms with Crippen molar-refractivity contribution in [1.82, 2.24) is 15.0 Å². The number of aromatic amines is 1. The summed E-state index contributed by atoms with van der Waals surface area (Å²) in [6, 6.07) is 5.17. The minimum atomic E-state index is -3.75. The fraction of sp³-hybridized carbons (Fsp3) is 0.250. The molecule has 8 heteroatoms. The van der Waals surface area contributed by atoms with Crippen molar-refractivity contribution in [3.05, 3.63) is 41.9 Å². The van der Waals surface area contributed by atoms with Crippen molar-refractivity contribution in [3.63, 3.8) is 0 Å². The van der Waals surface area contributed by atoms with Gasteiger partial charge in [-0.25, -0.2) is 23.5 Å². The number of anilines is 2. The fourth-order valence-electron chi connectivity index (χ4n) is 3.36. The van der Waals surface area contributed by atoms with Gasteiger partial charge in [0.05, 0.1) is 16.8 Å². The van der Waals surface area contributed by atoms with Crippen LogP contribution >= 0.6 is 0 Å². The van der Waals surface area contributed by atoms with E-state index in [1.165, 1.54) is 0 Å². The van der Waals surface area contributed by atoms with Gasteiger partial charge in [-0.1, -0.05) is 6.07 Å². The SMILES string of the molecule is Cc1cnc2[nH]cnc(N3c4cc(S(N)(=O)=O)ccc4CC3C)c1-2. The highest BCUT2D eigenvalue weighted by Crippen LogP contribution is 2.43. The number of nitrogens with zero attached hydrogens (tertiary/aromatic N) is 3.